The number of rotatable bonds is 1. The molecule has 1 amide bonds. The summed E-state index contributed by atoms with van der Waals surface area (Å²) in [6.07, 6.45) is 0. The number of carboxylic acid groups (broad SMARTS) is 1. The van der Waals surface area contributed by atoms with Gasteiger partial charge < -0.3 is 14.8 Å². The maximum absolute atomic E-state index is 12.0. The van der Waals surface area contributed by atoms with Crippen LogP contribution in [0.15, 0.2) is 27.4 Å². The number of hydrogen-bond donors (Lipinski definition) is 2. The van der Waals surface area contributed by atoms with Crippen molar-refractivity contribution in [3.05, 3.63) is 39.7 Å². The molecule has 0 spiro atoms. The number of carbonyl (C=O) groups is 2. The summed E-state index contributed by atoms with van der Waals surface area (Å²) < 4.78 is 5.45. The average Bonchev–Trinajstić information content (AvgIpc) is 2.37. The lowest BCUT2D eigenvalue weighted by Crippen LogP contribution is -2.21. The van der Waals surface area contributed by atoms with Crippen LogP contribution in [0, 0.1) is 13.8 Å². The second kappa shape index (κ2) is 4.56. The van der Waals surface area contributed by atoms with Crippen LogP contribution in [0.1, 0.15) is 11.3 Å². The molecule has 0 atom stereocenters. The highest BCUT2D eigenvalue weighted by Crippen LogP contribution is 2.19. The van der Waals surface area contributed by atoms with E-state index in [1.165, 1.54) is 18.2 Å². The summed E-state index contributed by atoms with van der Waals surface area (Å²) in [5.74, 6) is -2.22. The van der Waals surface area contributed by atoms with Crippen LogP contribution in [0.4, 0.5) is 5.69 Å². The zero-order valence-corrected chi connectivity index (χ0v) is 10.3. The van der Waals surface area contributed by atoms with Gasteiger partial charge in [-0.2, -0.15) is 0 Å². The summed E-state index contributed by atoms with van der Waals surface area (Å²) in [5, 5.41) is 11.0. The SMILES string of the molecule is Cc1oc2ccc(NC(=O)C(=O)O)cc2c(=O)c1C. The van der Waals surface area contributed by atoms with Gasteiger partial charge in [0.2, 0.25) is 0 Å². The highest BCUT2D eigenvalue weighted by Gasteiger charge is 2.13. The summed E-state index contributed by atoms with van der Waals surface area (Å²) in [6.45, 7) is 3.33. The Hall–Kier alpha value is -2.63. The van der Waals surface area contributed by atoms with Gasteiger partial charge in [0.05, 0.1) is 5.39 Å². The van der Waals surface area contributed by atoms with Gasteiger partial charge >= 0.3 is 11.9 Å². The molecule has 0 saturated heterocycles. The number of hydrogen-bond acceptors (Lipinski definition) is 4. The lowest BCUT2D eigenvalue weighted by atomic mass is 10.1. The van der Waals surface area contributed by atoms with Crippen molar-refractivity contribution in [2.75, 3.05) is 5.32 Å². The Kier molecular flexibility index (Phi) is 3.08. The van der Waals surface area contributed by atoms with Crippen molar-refractivity contribution < 1.29 is 19.1 Å². The van der Waals surface area contributed by atoms with E-state index in [1.54, 1.807) is 13.8 Å². The molecule has 98 valence electrons. The zero-order valence-electron chi connectivity index (χ0n) is 10.3. The third-order valence-electron chi connectivity index (χ3n) is 2.81. The van der Waals surface area contributed by atoms with Crippen molar-refractivity contribution >= 4 is 28.5 Å². The van der Waals surface area contributed by atoms with Gasteiger partial charge in [-0.1, -0.05) is 0 Å². The van der Waals surface area contributed by atoms with Gasteiger partial charge in [-0.15, -0.1) is 0 Å². The molecule has 0 radical (unpaired) electrons. The van der Waals surface area contributed by atoms with Gasteiger partial charge in [0.25, 0.3) is 0 Å². The number of amides is 1. The molecule has 0 bridgehead atoms. The van der Waals surface area contributed by atoms with Crippen molar-refractivity contribution in [3.8, 4) is 0 Å². The third kappa shape index (κ3) is 2.33. The molecule has 1 aromatic heterocycles. The maximum atomic E-state index is 12.0. The molecule has 1 heterocycles. The number of anilines is 1. The highest BCUT2D eigenvalue weighted by atomic mass is 16.4. The quantitative estimate of drug-likeness (QED) is 0.757. The molecule has 0 aliphatic heterocycles. The largest absolute Gasteiger partial charge is 0.474 e. The molecule has 0 aliphatic carbocycles. The normalized spacial score (nSPS) is 10.4. The fourth-order valence-corrected chi connectivity index (χ4v) is 1.66. The molecule has 6 nitrogen and oxygen atoms in total. The number of fused-ring (bicyclic) bond motifs is 1. The first-order valence-electron chi connectivity index (χ1n) is 5.48. The van der Waals surface area contributed by atoms with E-state index in [2.05, 4.69) is 5.32 Å². The van der Waals surface area contributed by atoms with Crippen LogP contribution in [0.2, 0.25) is 0 Å². The molecule has 0 aliphatic rings. The van der Waals surface area contributed by atoms with E-state index in [0.29, 0.717) is 22.3 Å². The van der Waals surface area contributed by atoms with E-state index in [9.17, 15) is 14.4 Å². The van der Waals surface area contributed by atoms with Crippen LogP contribution in [0.3, 0.4) is 0 Å². The Bertz CT molecular complexity index is 745. The number of aliphatic carboxylic acids is 1. The van der Waals surface area contributed by atoms with Crippen molar-refractivity contribution in [2.24, 2.45) is 0 Å². The smallest absolute Gasteiger partial charge is 0.394 e. The van der Waals surface area contributed by atoms with Crippen molar-refractivity contribution in [3.63, 3.8) is 0 Å². The van der Waals surface area contributed by atoms with E-state index in [0.717, 1.165) is 0 Å². The van der Waals surface area contributed by atoms with Gasteiger partial charge in [-0.25, -0.2) is 4.79 Å². The topological polar surface area (TPSA) is 96.6 Å². The Morgan fingerprint density at radius 3 is 2.58 bits per heavy atom. The molecular weight excluding hydrogens is 250 g/mol. The summed E-state index contributed by atoms with van der Waals surface area (Å²) in [5.41, 5.74) is 0.899. The molecule has 0 unspecified atom stereocenters. The monoisotopic (exact) mass is 261 g/mol. The minimum atomic E-state index is -1.59. The summed E-state index contributed by atoms with van der Waals surface area (Å²) in [7, 11) is 0. The number of aryl methyl sites for hydroxylation is 1. The zero-order chi connectivity index (χ0) is 14.2. The number of carboxylic acids is 1. The Labute approximate surface area is 107 Å². The van der Waals surface area contributed by atoms with Crippen LogP contribution in [-0.2, 0) is 9.59 Å². The molecule has 19 heavy (non-hydrogen) atoms. The van der Waals surface area contributed by atoms with Gasteiger partial charge in [0, 0.05) is 11.3 Å². The van der Waals surface area contributed by atoms with Crippen LogP contribution in [0.5, 0.6) is 0 Å². The molecule has 2 rings (SSSR count). The molecule has 1 aromatic carbocycles. The van der Waals surface area contributed by atoms with Crippen LogP contribution >= 0.6 is 0 Å². The van der Waals surface area contributed by atoms with E-state index in [4.69, 9.17) is 9.52 Å². The lowest BCUT2D eigenvalue weighted by Gasteiger charge is -2.05. The van der Waals surface area contributed by atoms with E-state index in [-0.39, 0.29) is 11.1 Å². The van der Waals surface area contributed by atoms with E-state index >= 15 is 0 Å². The second-order valence-corrected chi connectivity index (χ2v) is 4.08. The lowest BCUT2D eigenvalue weighted by molar-refractivity contribution is -0.147. The van der Waals surface area contributed by atoms with E-state index in [1.807, 2.05) is 0 Å². The van der Waals surface area contributed by atoms with Gasteiger partial charge in [0.15, 0.2) is 5.43 Å². The van der Waals surface area contributed by atoms with Crippen LogP contribution < -0.4 is 10.7 Å². The molecule has 6 heteroatoms. The molecule has 2 aromatic rings. The minimum absolute atomic E-state index is 0.204. The molecule has 2 N–H and O–H groups in total. The fraction of sp³-hybridized carbons (Fsp3) is 0.154. The number of benzene rings is 1. The van der Waals surface area contributed by atoms with Crippen LogP contribution in [0.25, 0.3) is 11.0 Å². The Balaban J connectivity index is 2.55. The third-order valence-corrected chi connectivity index (χ3v) is 2.81. The standard InChI is InChI=1S/C13H11NO5/c1-6-7(2)19-10-4-3-8(5-9(10)11(6)15)14-12(16)13(17)18/h3-5H,1-2H3,(H,14,16)(H,17,18). The molecule has 0 saturated carbocycles. The molecular formula is C13H11NO5. The van der Waals surface area contributed by atoms with Gasteiger partial charge in [-0.3, -0.25) is 9.59 Å². The minimum Gasteiger partial charge on any atom is -0.474 e. The average molecular weight is 261 g/mol. The molecule has 0 fully saturated rings. The first-order valence-corrected chi connectivity index (χ1v) is 5.48. The van der Waals surface area contributed by atoms with Crippen molar-refractivity contribution in [1.82, 2.24) is 0 Å². The fourth-order valence-electron chi connectivity index (χ4n) is 1.66. The Morgan fingerprint density at radius 1 is 1.26 bits per heavy atom. The second-order valence-electron chi connectivity index (χ2n) is 4.08. The van der Waals surface area contributed by atoms with Gasteiger partial charge in [-0.05, 0) is 32.0 Å². The summed E-state index contributed by atoms with van der Waals surface area (Å²) in [4.78, 5) is 33.5. The number of carbonyl (C=O) groups excluding carboxylic acids is 1. The predicted molar refractivity (Wildman–Crippen MR) is 68.2 cm³/mol. The van der Waals surface area contributed by atoms with Gasteiger partial charge in [0.1, 0.15) is 11.3 Å². The predicted octanol–water partition coefficient (Wildman–Crippen LogP) is 1.43. The van der Waals surface area contributed by atoms with Crippen molar-refractivity contribution in [1.29, 1.82) is 0 Å². The van der Waals surface area contributed by atoms with Crippen LogP contribution in [-0.4, -0.2) is 17.0 Å². The summed E-state index contributed by atoms with van der Waals surface area (Å²) >= 11 is 0. The highest BCUT2D eigenvalue weighted by molar-refractivity contribution is 6.36. The number of nitrogens with one attached hydrogen (secondary N) is 1. The van der Waals surface area contributed by atoms with E-state index < -0.39 is 11.9 Å². The summed E-state index contributed by atoms with van der Waals surface area (Å²) in [6, 6.07) is 4.38. The first kappa shape index (κ1) is 12.8. The Morgan fingerprint density at radius 2 is 1.95 bits per heavy atom. The van der Waals surface area contributed by atoms with Crippen molar-refractivity contribution in [2.45, 2.75) is 13.8 Å². The maximum Gasteiger partial charge on any atom is 0.394 e. The first-order chi connectivity index (χ1) is 8.90.